The SMILES string of the molecule is O=C(O)c1cc(F)c(F)cc1NS(=O)(=O)NC1CC1. The van der Waals surface area contributed by atoms with Crippen molar-refractivity contribution in [3.8, 4) is 0 Å². The second-order valence-corrected chi connectivity index (χ2v) is 5.56. The minimum Gasteiger partial charge on any atom is -0.478 e. The van der Waals surface area contributed by atoms with Crippen LogP contribution in [0, 0.1) is 11.6 Å². The first-order valence-electron chi connectivity index (χ1n) is 5.31. The maximum Gasteiger partial charge on any atom is 0.337 e. The summed E-state index contributed by atoms with van der Waals surface area (Å²) in [6.45, 7) is 0. The molecule has 0 amide bonds. The van der Waals surface area contributed by atoms with Gasteiger partial charge in [-0.3, -0.25) is 4.72 Å². The summed E-state index contributed by atoms with van der Waals surface area (Å²) in [4.78, 5) is 10.9. The minimum atomic E-state index is -4.01. The molecule has 0 saturated heterocycles. The number of hydrogen-bond acceptors (Lipinski definition) is 3. The van der Waals surface area contributed by atoms with E-state index in [1.165, 1.54) is 0 Å². The van der Waals surface area contributed by atoms with Crippen LogP contribution in [0.25, 0.3) is 0 Å². The number of nitrogens with one attached hydrogen (secondary N) is 2. The summed E-state index contributed by atoms with van der Waals surface area (Å²) in [6.07, 6.45) is 1.37. The van der Waals surface area contributed by atoms with E-state index in [9.17, 15) is 22.0 Å². The number of halogens is 2. The highest BCUT2D eigenvalue weighted by Crippen LogP contribution is 2.23. The van der Waals surface area contributed by atoms with Gasteiger partial charge < -0.3 is 5.11 Å². The van der Waals surface area contributed by atoms with E-state index in [2.05, 4.69) is 4.72 Å². The van der Waals surface area contributed by atoms with Gasteiger partial charge in [0.25, 0.3) is 10.2 Å². The van der Waals surface area contributed by atoms with Gasteiger partial charge in [0, 0.05) is 12.1 Å². The van der Waals surface area contributed by atoms with Crippen LogP contribution in [0.4, 0.5) is 14.5 Å². The smallest absolute Gasteiger partial charge is 0.337 e. The molecule has 0 spiro atoms. The summed E-state index contributed by atoms with van der Waals surface area (Å²) < 4.78 is 53.3. The Hall–Kier alpha value is -1.74. The molecule has 1 saturated carbocycles. The van der Waals surface area contributed by atoms with Crippen LogP contribution in [0.5, 0.6) is 0 Å². The molecule has 0 atom stereocenters. The van der Waals surface area contributed by atoms with Gasteiger partial charge in [-0.2, -0.15) is 13.1 Å². The molecule has 1 aromatic rings. The molecular weight excluding hydrogens is 282 g/mol. The molecule has 3 N–H and O–H groups in total. The number of benzene rings is 1. The molecule has 104 valence electrons. The zero-order chi connectivity index (χ0) is 14.2. The summed E-state index contributed by atoms with van der Waals surface area (Å²) in [5.41, 5.74) is -1.19. The minimum absolute atomic E-state index is 0.198. The monoisotopic (exact) mass is 292 g/mol. The van der Waals surface area contributed by atoms with E-state index >= 15 is 0 Å². The third kappa shape index (κ3) is 3.38. The number of aromatic carboxylic acids is 1. The number of carbonyl (C=O) groups is 1. The first-order valence-corrected chi connectivity index (χ1v) is 6.79. The fraction of sp³-hybridized carbons (Fsp3) is 0.300. The van der Waals surface area contributed by atoms with E-state index in [1.807, 2.05) is 4.72 Å². The van der Waals surface area contributed by atoms with Crippen LogP contribution in [0.1, 0.15) is 23.2 Å². The molecular formula is C10H10F2N2O4S. The molecule has 0 aliphatic heterocycles. The lowest BCUT2D eigenvalue weighted by Gasteiger charge is -2.11. The summed E-state index contributed by atoms with van der Waals surface area (Å²) in [7, 11) is -4.01. The van der Waals surface area contributed by atoms with Gasteiger partial charge in [-0.15, -0.1) is 0 Å². The Labute approximate surface area is 107 Å². The standard InChI is InChI=1S/C10H10F2N2O4S/c11-7-3-6(10(15)16)9(4-8(7)12)14-19(17,18)13-5-1-2-5/h3-5,13-14H,1-2H2,(H,15,16). The highest BCUT2D eigenvalue weighted by molar-refractivity contribution is 7.90. The summed E-state index contributed by atoms with van der Waals surface area (Å²) in [6, 6.07) is 0.716. The maximum absolute atomic E-state index is 13.0. The molecule has 2 rings (SSSR count). The number of hydrogen-bond donors (Lipinski definition) is 3. The molecule has 1 aromatic carbocycles. The summed E-state index contributed by atoms with van der Waals surface area (Å²) in [5, 5.41) is 8.83. The lowest BCUT2D eigenvalue weighted by Crippen LogP contribution is -2.32. The van der Waals surface area contributed by atoms with E-state index in [0.717, 1.165) is 0 Å². The molecule has 1 aliphatic rings. The Morgan fingerprint density at radius 2 is 1.84 bits per heavy atom. The van der Waals surface area contributed by atoms with E-state index in [1.54, 1.807) is 0 Å². The summed E-state index contributed by atoms with van der Waals surface area (Å²) in [5.74, 6) is -4.27. The van der Waals surface area contributed by atoms with Crippen LogP contribution in [0.3, 0.4) is 0 Å². The van der Waals surface area contributed by atoms with Crippen LogP contribution >= 0.6 is 0 Å². The van der Waals surface area contributed by atoms with Gasteiger partial charge in [0.2, 0.25) is 0 Å². The van der Waals surface area contributed by atoms with E-state index < -0.39 is 39.1 Å². The lowest BCUT2D eigenvalue weighted by atomic mass is 10.2. The highest BCUT2D eigenvalue weighted by atomic mass is 32.2. The van der Waals surface area contributed by atoms with Gasteiger partial charge >= 0.3 is 5.97 Å². The molecule has 0 bridgehead atoms. The third-order valence-corrected chi connectivity index (χ3v) is 3.57. The number of carboxylic acid groups (broad SMARTS) is 1. The van der Waals surface area contributed by atoms with Crippen LogP contribution < -0.4 is 9.44 Å². The van der Waals surface area contributed by atoms with Crippen molar-refractivity contribution in [2.24, 2.45) is 0 Å². The zero-order valence-electron chi connectivity index (χ0n) is 9.48. The molecule has 0 radical (unpaired) electrons. The number of carboxylic acids is 1. The first kappa shape index (κ1) is 13.7. The van der Waals surface area contributed by atoms with Crippen molar-refractivity contribution in [1.82, 2.24) is 4.72 Å². The molecule has 0 aromatic heterocycles. The Kier molecular flexibility index (Phi) is 3.42. The van der Waals surface area contributed by atoms with Crippen molar-refractivity contribution >= 4 is 21.9 Å². The molecule has 0 heterocycles. The van der Waals surface area contributed by atoms with Gasteiger partial charge in [0.1, 0.15) is 0 Å². The van der Waals surface area contributed by atoms with Crippen molar-refractivity contribution in [1.29, 1.82) is 0 Å². The maximum atomic E-state index is 13.0. The van der Waals surface area contributed by atoms with Crippen LogP contribution in [0.15, 0.2) is 12.1 Å². The Bertz CT molecular complexity index is 629. The normalized spacial score (nSPS) is 15.3. The summed E-state index contributed by atoms with van der Waals surface area (Å²) >= 11 is 0. The average Bonchev–Trinajstić information content (AvgIpc) is 3.05. The van der Waals surface area contributed by atoms with Gasteiger partial charge in [-0.1, -0.05) is 0 Å². The van der Waals surface area contributed by atoms with Gasteiger partial charge in [-0.25, -0.2) is 13.6 Å². The molecule has 1 aliphatic carbocycles. The van der Waals surface area contributed by atoms with Crippen molar-refractivity contribution in [2.45, 2.75) is 18.9 Å². The van der Waals surface area contributed by atoms with Crippen LogP contribution in [-0.4, -0.2) is 25.5 Å². The van der Waals surface area contributed by atoms with Crippen LogP contribution in [0.2, 0.25) is 0 Å². The largest absolute Gasteiger partial charge is 0.478 e. The molecule has 9 heteroatoms. The number of rotatable bonds is 5. The first-order chi connectivity index (χ1) is 8.78. The van der Waals surface area contributed by atoms with Crippen LogP contribution in [-0.2, 0) is 10.2 Å². The molecule has 6 nitrogen and oxygen atoms in total. The van der Waals surface area contributed by atoms with E-state index in [-0.39, 0.29) is 6.04 Å². The Morgan fingerprint density at radius 1 is 1.26 bits per heavy atom. The second-order valence-electron chi connectivity index (χ2n) is 4.11. The molecule has 1 fully saturated rings. The fourth-order valence-electron chi connectivity index (χ4n) is 1.40. The Morgan fingerprint density at radius 3 is 2.37 bits per heavy atom. The Balaban J connectivity index is 2.32. The fourth-order valence-corrected chi connectivity index (χ4v) is 2.59. The second kappa shape index (κ2) is 4.74. The third-order valence-electron chi connectivity index (χ3n) is 2.43. The zero-order valence-corrected chi connectivity index (χ0v) is 10.3. The van der Waals surface area contributed by atoms with Crippen molar-refractivity contribution < 1.29 is 27.1 Å². The highest BCUT2D eigenvalue weighted by Gasteiger charge is 2.28. The van der Waals surface area contributed by atoms with Crippen molar-refractivity contribution in [3.05, 3.63) is 29.3 Å². The topological polar surface area (TPSA) is 95.5 Å². The van der Waals surface area contributed by atoms with E-state index in [0.29, 0.717) is 25.0 Å². The van der Waals surface area contributed by atoms with Crippen molar-refractivity contribution in [3.63, 3.8) is 0 Å². The van der Waals surface area contributed by atoms with Gasteiger partial charge in [0.05, 0.1) is 11.3 Å². The predicted octanol–water partition coefficient (Wildman–Crippen LogP) is 1.07. The van der Waals surface area contributed by atoms with Gasteiger partial charge in [-0.05, 0) is 18.9 Å². The average molecular weight is 292 g/mol. The number of anilines is 1. The molecule has 19 heavy (non-hydrogen) atoms. The quantitative estimate of drug-likeness (QED) is 0.756. The van der Waals surface area contributed by atoms with E-state index in [4.69, 9.17) is 5.11 Å². The van der Waals surface area contributed by atoms with Gasteiger partial charge in [0.15, 0.2) is 11.6 Å². The predicted molar refractivity (Wildman–Crippen MR) is 62.0 cm³/mol. The van der Waals surface area contributed by atoms with Crippen molar-refractivity contribution in [2.75, 3.05) is 4.72 Å². The lowest BCUT2D eigenvalue weighted by molar-refractivity contribution is 0.0697. The molecule has 0 unspecified atom stereocenters.